The lowest BCUT2D eigenvalue weighted by Gasteiger charge is -2.14. The molecule has 0 heterocycles. The molecule has 0 spiro atoms. The minimum atomic E-state index is 0.245. The highest BCUT2D eigenvalue weighted by Crippen LogP contribution is 2.19. The van der Waals surface area contributed by atoms with Crippen LogP contribution in [0.2, 0.25) is 0 Å². The highest BCUT2D eigenvalue weighted by molar-refractivity contribution is 6.20. The summed E-state index contributed by atoms with van der Waals surface area (Å²) < 4.78 is 0. The van der Waals surface area contributed by atoms with Crippen molar-refractivity contribution in [3.8, 4) is 0 Å². The van der Waals surface area contributed by atoms with E-state index in [4.69, 9.17) is 11.6 Å². The SMILES string of the molecule is CC(C)c1ccc(CC(C)C(C)Cl)cc1. The topological polar surface area (TPSA) is 0 Å². The average molecular weight is 225 g/mol. The summed E-state index contributed by atoms with van der Waals surface area (Å²) in [5.41, 5.74) is 2.80. The van der Waals surface area contributed by atoms with Crippen LogP contribution in [0.25, 0.3) is 0 Å². The molecule has 0 amide bonds. The van der Waals surface area contributed by atoms with E-state index in [1.165, 1.54) is 11.1 Å². The summed E-state index contributed by atoms with van der Waals surface area (Å²) in [5, 5.41) is 0.245. The smallest absolute Gasteiger partial charge is 0.0336 e. The first-order chi connectivity index (χ1) is 7.00. The van der Waals surface area contributed by atoms with Crippen molar-refractivity contribution >= 4 is 11.6 Å². The second-order valence-corrected chi connectivity index (χ2v) is 5.44. The van der Waals surface area contributed by atoms with E-state index in [1.54, 1.807) is 0 Å². The van der Waals surface area contributed by atoms with Crippen LogP contribution in [0.3, 0.4) is 0 Å². The Morgan fingerprint density at radius 2 is 1.53 bits per heavy atom. The zero-order valence-corrected chi connectivity index (χ0v) is 10.9. The first-order valence-corrected chi connectivity index (χ1v) is 6.17. The Labute approximate surface area is 98.7 Å². The van der Waals surface area contributed by atoms with E-state index in [0.717, 1.165) is 6.42 Å². The molecule has 0 saturated carbocycles. The van der Waals surface area contributed by atoms with Crippen molar-refractivity contribution in [2.45, 2.75) is 45.4 Å². The maximum atomic E-state index is 6.06. The first-order valence-electron chi connectivity index (χ1n) is 5.73. The van der Waals surface area contributed by atoms with Gasteiger partial charge >= 0.3 is 0 Å². The molecule has 84 valence electrons. The van der Waals surface area contributed by atoms with E-state index in [-0.39, 0.29) is 5.38 Å². The third-order valence-electron chi connectivity index (χ3n) is 2.99. The van der Waals surface area contributed by atoms with Gasteiger partial charge in [-0.3, -0.25) is 0 Å². The van der Waals surface area contributed by atoms with Crippen LogP contribution in [0.4, 0.5) is 0 Å². The Morgan fingerprint density at radius 1 is 1.00 bits per heavy atom. The molecule has 0 aromatic heterocycles. The largest absolute Gasteiger partial charge is 0.123 e. The lowest BCUT2D eigenvalue weighted by molar-refractivity contribution is 0.568. The van der Waals surface area contributed by atoms with Gasteiger partial charge in [0.05, 0.1) is 0 Å². The Bertz CT molecular complexity index is 285. The van der Waals surface area contributed by atoms with Gasteiger partial charge < -0.3 is 0 Å². The zero-order valence-electron chi connectivity index (χ0n) is 10.1. The van der Waals surface area contributed by atoms with Crippen molar-refractivity contribution in [1.29, 1.82) is 0 Å². The van der Waals surface area contributed by atoms with E-state index >= 15 is 0 Å². The van der Waals surface area contributed by atoms with Crippen LogP contribution in [-0.2, 0) is 6.42 Å². The molecule has 0 bridgehead atoms. The fourth-order valence-electron chi connectivity index (χ4n) is 1.57. The van der Waals surface area contributed by atoms with Gasteiger partial charge in [0.15, 0.2) is 0 Å². The van der Waals surface area contributed by atoms with E-state index < -0.39 is 0 Å². The van der Waals surface area contributed by atoms with Crippen molar-refractivity contribution in [2.75, 3.05) is 0 Å². The fourth-order valence-corrected chi connectivity index (χ4v) is 1.66. The van der Waals surface area contributed by atoms with Crippen molar-refractivity contribution in [3.05, 3.63) is 35.4 Å². The normalized spacial score (nSPS) is 15.3. The molecule has 0 nitrogen and oxygen atoms in total. The standard InChI is InChI=1S/C14H21Cl/c1-10(2)14-7-5-13(6-8-14)9-11(3)12(4)15/h5-8,10-12H,9H2,1-4H3. The van der Waals surface area contributed by atoms with Crippen LogP contribution in [0.15, 0.2) is 24.3 Å². The van der Waals surface area contributed by atoms with E-state index in [9.17, 15) is 0 Å². The van der Waals surface area contributed by atoms with Gasteiger partial charge in [-0.2, -0.15) is 0 Å². The summed E-state index contributed by atoms with van der Waals surface area (Å²) in [4.78, 5) is 0. The molecule has 0 saturated heterocycles. The van der Waals surface area contributed by atoms with Crippen LogP contribution >= 0.6 is 11.6 Å². The van der Waals surface area contributed by atoms with Gasteiger partial charge in [0, 0.05) is 5.38 Å². The quantitative estimate of drug-likeness (QED) is 0.655. The highest BCUT2D eigenvalue weighted by Gasteiger charge is 2.09. The number of hydrogen-bond donors (Lipinski definition) is 0. The summed E-state index contributed by atoms with van der Waals surface area (Å²) in [6, 6.07) is 8.91. The molecule has 2 unspecified atom stereocenters. The molecule has 0 radical (unpaired) electrons. The summed E-state index contributed by atoms with van der Waals surface area (Å²) >= 11 is 6.06. The average Bonchev–Trinajstić information content (AvgIpc) is 2.18. The molecule has 0 aliphatic heterocycles. The number of benzene rings is 1. The Hall–Kier alpha value is -0.490. The van der Waals surface area contributed by atoms with Crippen LogP contribution in [-0.4, -0.2) is 5.38 Å². The lowest BCUT2D eigenvalue weighted by atomic mass is 9.96. The van der Waals surface area contributed by atoms with Crippen molar-refractivity contribution in [2.24, 2.45) is 5.92 Å². The minimum absolute atomic E-state index is 0.245. The predicted octanol–water partition coefficient (Wildman–Crippen LogP) is 4.62. The lowest BCUT2D eigenvalue weighted by Crippen LogP contribution is -2.10. The molecule has 1 aromatic carbocycles. The van der Waals surface area contributed by atoms with Gasteiger partial charge in [0.1, 0.15) is 0 Å². The molecule has 1 aromatic rings. The number of rotatable bonds is 4. The molecule has 0 fully saturated rings. The summed E-state index contributed by atoms with van der Waals surface area (Å²) in [5.74, 6) is 1.15. The zero-order chi connectivity index (χ0) is 11.4. The summed E-state index contributed by atoms with van der Waals surface area (Å²) in [7, 11) is 0. The predicted molar refractivity (Wildman–Crippen MR) is 68.7 cm³/mol. The summed E-state index contributed by atoms with van der Waals surface area (Å²) in [6.45, 7) is 8.71. The molecular formula is C14H21Cl. The van der Waals surface area contributed by atoms with Crippen LogP contribution in [0, 0.1) is 5.92 Å². The van der Waals surface area contributed by atoms with Gasteiger partial charge in [-0.15, -0.1) is 11.6 Å². The molecule has 0 N–H and O–H groups in total. The van der Waals surface area contributed by atoms with E-state index in [0.29, 0.717) is 11.8 Å². The number of hydrogen-bond acceptors (Lipinski definition) is 0. The molecular weight excluding hydrogens is 204 g/mol. The molecule has 1 heteroatoms. The van der Waals surface area contributed by atoms with Crippen molar-refractivity contribution < 1.29 is 0 Å². The number of halogens is 1. The fraction of sp³-hybridized carbons (Fsp3) is 0.571. The maximum Gasteiger partial charge on any atom is 0.0336 e. The third-order valence-corrected chi connectivity index (χ3v) is 3.42. The van der Waals surface area contributed by atoms with Gasteiger partial charge in [-0.05, 0) is 36.3 Å². The Kier molecular flexibility index (Phi) is 4.66. The Morgan fingerprint density at radius 3 is 1.93 bits per heavy atom. The maximum absolute atomic E-state index is 6.06. The summed E-state index contributed by atoms with van der Waals surface area (Å²) in [6.07, 6.45) is 1.07. The Balaban J connectivity index is 2.64. The number of alkyl halides is 1. The third kappa shape index (κ3) is 3.87. The van der Waals surface area contributed by atoms with Crippen LogP contribution in [0.5, 0.6) is 0 Å². The first kappa shape index (κ1) is 12.6. The van der Waals surface area contributed by atoms with Gasteiger partial charge in [0.2, 0.25) is 0 Å². The van der Waals surface area contributed by atoms with E-state index in [1.807, 2.05) is 0 Å². The van der Waals surface area contributed by atoms with Crippen molar-refractivity contribution in [1.82, 2.24) is 0 Å². The minimum Gasteiger partial charge on any atom is -0.123 e. The van der Waals surface area contributed by atoms with Crippen molar-refractivity contribution in [3.63, 3.8) is 0 Å². The second kappa shape index (κ2) is 5.55. The highest BCUT2D eigenvalue weighted by atomic mass is 35.5. The molecule has 15 heavy (non-hydrogen) atoms. The van der Waals surface area contributed by atoms with Crippen LogP contribution in [0.1, 0.15) is 44.7 Å². The molecule has 0 aliphatic carbocycles. The molecule has 2 atom stereocenters. The molecule has 0 aliphatic rings. The second-order valence-electron chi connectivity index (χ2n) is 4.76. The van der Waals surface area contributed by atoms with Gasteiger partial charge in [0.25, 0.3) is 0 Å². The monoisotopic (exact) mass is 224 g/mol. The van der Waals surface area contributed by atoms with Gasteiger partial charge in [-0.1, -0.05) is 45.0 Å². The van der Waals surface area contributed by atoms with Gasteiger partial charge in [-0.25, -0.2) is 0 Å². The van der Waals surface area contributed by atoms with E-state index in [2.05, 4.69) is 52.0 Å². The van der Waals surface area contributed by atoms with Crippen LogP contribution < -0.4 is 0 Å². The molecule has 1 rings (SSSR count).